The van der Waals surface area contributed by atoms with Crippen LogP contribution in [0.4, 0.5) is 15.9 Å². The number of rotatable bonds is 8. The molecule has 0 radical (unpaired) electrons. The molecule has 0 aliphatic rings. The first-order chi connectivity index (χ1) is 18.2. The lowest BCUT2D eigenvalue weighted by Crippen LogP contribution is -2.05. The molecule has 5 rings (SSSR count). The van der Waals surface area contributed by atoms with Crippen LogP contribution in [0.25, 0.3) is 22.2 Å². The molecule has 0 atom stereocenters. The van der Waals surface area contributed by atoms with E-state index in [9.17, 15) is 4.39 Å². The monoisotopic (exact) mass is 529 g/mol. The minimum atomic E-state index is -0.301. The van der Waals surface area contributed by atoms with Crippen LogP contribution in [0.5, 0.6) is 5.75 Å². The van der Waals surface area contributed by atoms with Gasteiger partial charge in [-0.2, -0.15) is 0 Å². The van der Waals surface area contributed by atoms with Gasteiger partial charge in [-0.05, 0) is 78.1 Å². The second kappa shape index (κ2) is 10.8. The minimum Gasteiger partial charge on any atom is -0.487 e. The van der Waals surface area contributed by atoms with E-state index in [0.29, 0.717) is 16.6 Å². The van der Waals surface area contributed by atoms with Crippen LogP contribution in [0.1, 0.15) is 38.5 Å². The van der Waals surface area contributed by atoms with Crippen molar-refractivity contribution in [2.24, 2.45) is 5.41 Å². The van der Waals surface area contributed by atoms with Crippen LogP contribution in [-0.4, -0.2) is 9.97 Å². The zero-order valence-electron chi connectivity index (χ0n) is 21.6. The van der Waals surface area contributed by atoms with Gasteiger partial charge in [0, 0.05) is 23.1 Å². The number of fused-ring (bicyclic) bond motifs is 1. The Morgan fingerprint density at radius 2 is 1.84 bits per heavy atom. The number of aromatic nitrogens is 2. The molecule has 2 heterocycles. The van der Waals surface area contributed by atoms with E-state index in [1.807, 2.05) is 36.4 Å². The molecule has 0 spiro atoms. The van der Waals surface area contributed by atoms with E-state index in [1.165, 1.54) is 18.5 Å². The number of anilines is 2. The number of furan rings is 1. The summed E-state index contributed by atoms with van der Waals surface area (Å²) in [6.07, 6.45) is 3.48. The van der Waals surface area contributed by atoms with E-state index in [0.717, 1.165) is 52.1 Å². The molecular weight excluding hydrogens is 501 g/mol. The van der Waals surface area contributed by atoms with E-state index < -0.39 is 0 Å². The minimum absolute atomic E-state index is 0.217. The van der Waals surface area contributed by atoms with Crippen molar-refractivity contribution in [3.8, 4) is 17.1 Å². The summed E-state index contributed by atoms with van der Waals surface area (Å²) in [5.74, 6) is 2.66. The van der Waals surface area contributed by atoms with Crippen molar-refractivity contribution in [2.45, 2.75) is 40.2 Å². The van der Waals surface area contributed by atoms with E-state index >= 15 is 0 Å². The molecule has 0 aliphatic heterocycles. The van der Waals surface area contributed by atoms with Gasteiger partial charge in [0.2, 0.25) is 0 Å². The van der Waals surface area contributed by atoms with Gasteiger partial charge < -0.3 is 14.5 Å². The second-order valence-electron chi connectivity index (χ2n) is 10.5. The third-order valence-corrected chi connectivity index (χ3v) is 6.48. The Morgan fingerprint density at radius 1 is 0.974 bits per heavy atom. The first kappa shape index (κ1) is 25.7. The summed E-state index contributed by atoms with van der Waals surface area (Å²) in [6, 6.07) is 21.8. The highest BCUT2D eigenvalue weighted by Crippen LogP contribution is 2.33. The SMILES string of the molecule is CC(C)(C)CCc1ccc(-c2ccc3ncnc(Nc4ccc(OCc5cccc(F)c5)c(Cl)c4)c3c2)o1. The van der Waals surface area contributed by atoms with Crippen molar-refractivity contribution in [1.29, 1.82) is 0 Å². The molecule has 38 heavy (non-hydrogen) atoms. The quantitative estimate of drug-likeness (QED) is 0.217. The lowest BCUT2D eigenvalue weighted by Gasteiger charge is -2.16. The summed E-state index contributed by atoms with van der Waals surface area (Å²) in [4.78, 5) is 8.89. The summed E-state index contributed by atoms with van der Waals surface area (Å²) in [7, 11) is 0. The predicted molar refractivity (Wildman–Crippen MR) is 150 cm³/mol. The van der Waals surface area contributed by atoms with Crippen molar-refractivity contribution < 1.29 is 13.5 Å². The molecule has 2 aromatic heterocycles. The molecule has 0 aliphatic carbocycles. The number of ether oxygens (including phenoxy) is 1. The number of aryl methyl sites for hydroxylation is 1. The highest BCUT2D eigenvalue weighted by atomic mass is 35.5. The molecule has 194 valence electrons. The fourth-order valence-electron chi connectivity index (χ4n) is 4.10. The van der Waals surface area contributed by atoms with Crippen molar-refractivity contribution >= 4 is 34.0 Å². The van der Waals surface area contributed by atoms with Crippen LogP contribution in [-0.2, 0) is 13.0 Å². The predicted octanol–water partition coefficient (Wildman–Crippen LogP) is 8.98. The van der Waals surface area contributed by atoms with Gasteiger partial charge in [-0.3, -0.25) is 0 Å². The number of hydrogen-bond donors (Lipinski definition) is 1. The molecule has 0 saturated heterocycles. The number of halogens is 2. The largest absolute Gasteiger partial charge is 0.487 e. The fourth-order valence-corrected chi connectivity index (χ4v) is 4.33. The smallest absolute Gasteiger partial charge is 0.141 e. The van der Waals surface area contributed by atoms with E-state index in [4.69, 9.17) is 20.8 Å². The highest BCUT2D eigenvalue weighted by molar-refractivity contribution is 6.32. The molecule has 0 saturated carbocycles. The van der Waals surface area contributed by atoms with Crippen molar-refractivity contribution in [2.75, 3.05) is 5.32 Å². The number of nitrogens with zero attached hydrogens (tertiary/aromatic N) is 2. The van der Waals surface area contributed by atoms with Crippen LogP contribution < -0.4 is 10.1 Å². The molecule has 0 bridgehead atoms. The molecule has 5 nitrogen and oxygen atoms in total. The van der Waals surface area contributed by atoms with E-state index in [1.54, 1.807) is 24.3 Å². The molecule has 5 aromatic rings. The third kappa shape index (κ3) is 6.32. The zero-order valence-corrected chi connectivity index (χ0v) is 22.3. The van der Waals surface area contributed by atoms with Gasteiger partial charge in [-0.25, -0.2) is 14.4 Å². The first-order valence-corrected chi connectivity index (χ1v) is 12.9. The number of benzene rings is 3. The van der Waals surface area contributed by atoms with Crippen molar-refractivity contribution in [3.63, 3.8) is 0 Å². The zero-order chi connectivity index (χ0) is 26.7. The maximum Gasteiger partial charge on any atom is 0.141 e. The van der Waals surface area contributed by atoms with Crippen LogP contribution in [0.2, 0.25) is 5.02 Å². The number of hydrogen-bond acceptors (Lipinski definition) is 5. The van der Waals surface area contributed by atoms with Gasteiger partial charge in [-0.15, -0.1) is 0 Å². The Hall–Kier alpha value is -3.90. The van der Waals surface area contributed by atoms with Gasteiger partial charge in [-0.1, -0.05) is 44.5 Å². The first-order valence-electron chi connectivity index (χ1n) is 12.5. The third-order valence-electron chi connectivity index (χ3n) is 6.18. The summed E-state index contributed by atoms with van der Waals surface area (Å²) < 4.78 is 25.4. The Labute approximate surface area is 226 Å². The molecule has 0 fully saturated rings. The lowest BCUT2D eigenvalue weighted by molar-refractivity contribution is 0.306. The van der Waals surface area contributed by atoms with Crippen LogP contribution in [0, 0.1) is 11.2 Å². The fraction of sp³-hybridized carbons (Fsp3) is 0.226. The van der Waals surface area contributed by atoms with Gasteiger partial charge >= 0.3 is 0 Å². The van der Waals surface area contributed by atoms with Crippen molar-refractivity contribution in [3.05, 3.63) is 101 Å². The van der Waals surface area contributed by atoms with Crippen molar-refractivity contribution in [1.82, 2.24) is 9.97 Å². The lowest BCUT2D eigenvalue weighted by atomic mass is 9.90. The molecule has 0 unspecified atom stereocenters. The van der Waals surface area contributed by atoms with Gasteiger partial charge in [0.1, 0.15) is 41.8 Å². The summed E-state index contributed by atoms with van der Waals surface area (Å²) in [5, 5.41) is 4.64. The normalized spacial score (nSPS) is 11.6. The Kier molecular flexibility index (Phi) is 7.34. The molecule has 1 N–H and O–H groups in total. The van der Waals surface area contributed by atoms with Crippen LogP contribution in [0.15, 0.2) is 83.5 Å². The molecule has 7 heteroatoms. The summed E-state index contributed by atoms with van der Waals surface area (Å²) >= 11 is 6.49. The topological polar surface area (TPSA) is 60.2 Å². The van der Waals surface area contributed by atoms with Gasteiger partial charge in [0.15, 0.2) is 0 Å². The average molecular weight is 530 g/mol. The summed E-state index contributed by atoms with van der Waals surface area (Å²) in [5.41, 5.74) is 3.50. The van der Waals surface area contributed by atoms with Crippen LogP contribution >= 0.6 is 11.6 Å². The summed E-state index contributed by atoms with van der Waals surface area (Å²) in [6.45, 7) is 6.91. The maximum absolute atomic E-state index is 13.4. The molecule has 3 aromatic carbocycles. The second-order valence-corrected chi connectivity index (χ2v) is 10.9. The highest BCUT2D eigenvalue weighted by Gasteiger charge is 2.14. The van der Waals surface area contributed by atoms with Crippen LogP contribution in [0.3, 0.4) is 0 Å². The average Bonchev–Trinajstić information content (AvgIpc) is 3.36. The standard InChI is InChI=1S/C31H29ClFN3O2/c1-31(2,3)14-13-24-9-12-28(38-24)21-7-10-27-25(16-21)30(35-19-34-27)36-23-8-11-29(26(32)17-23)37-18-20-5-4-6-22(33)15-20/h4-12,15-17,19H,13-14,18H2,1-3H3,(H,34,35,36). The maximum atomic E-state index is 13.4. The molecular formula is C31H29ClFN3O2. The Bertz CT molecular complexity index is 1580. The Balaban J connectivity index is 1.34. The number of nitrogens with one attached hydrogen (secondary N) is 1. The molecule has 0 amide bonds. The van der Waals surface area contributed by atoms with E-state index in [-0.39, 0.29) is 17.8 Å². The van der Waals surface area contributed by atoms with E-state index in [2.05, 4.69) is 36.1 Å². The Morgan fingerprint density at radius 3 is 2.63 bits per heavy atom. The van der Waals surface area contributed by atoms with Gasteiger partial charge in [0.05, 0.1) is 10.5 Å². The van der Waals surface area contributed by atoms with Gasteiger partial charge in [0.25, 0.3) is 0 Å².